The summed E-state index contributed by atoms with van der Waals surface area (Å²) in [7, 11) is 0. The van der Waals surface area contributed by atoms with Crippen molar-refractivity contribution in [1.29, 1.82) is 0 Å². The van der Waals surface area contributed by atoms with Gasteiger partial charge in [-0.25, -0.2) is 4.79 Å². The smallest absolute Gasteiger partial charge is 0.325 e. The number of amides is 3. The van der Waals surface area contributed by atoms with Gasteiger partial charge in [-0.2, -0.15) is 0 Å². The number of carbonyl (C=O) groups is 2. The Labute approximate surface area is 160 Å². The number of imide groups is 1. The molecular formula is C20H17ClN2O4. The molecule has 1 aromatic heterocycles. The molecule has 0 bridgehead atoms. The topological polar surface area (TPSA) is 71.8 Å². The summed E-state index contributed by atoms with van der Waals surface area (Å²) in [6, 6.07) is 15.7. The van der Waals surface area contributed by atoms with Crippen molar-refractivity contribution in [1.82, 2.24) is 10.2 Å². The highest BCUT2D eigenvalue weighted by Gasteiger charge is 2.51. The number of hydrogen-bond acceptors (Lipinski definition) is 4. The van der Waals surface area contributed by atoms with Gasteiger partial charge in [0.25, 0.3) is 5.91 Å². The first-order valence-electron chi connectivity index (χ1n) is 8.49. The molecule has 1 saturated heterocycles. The zero-order valence-electron chi connectivity index (χ0n) is 14.6. The van der Waals surface area contributed by atoms with E-state index in [0.717, 1.165) is 10.3 Å². The SMILES string of the molecule is CC1(c2cc3ccccc3o2)NC(=O)N(CCOc2cccc(Cl)c2)C1=O. The highest BCUT2D eigenvalue weighted by molar-refractivity contribution is 6.30. The fourth-order valence-corrected chi connectivity index (χ4v) is 3.29. The minimum absolute atomic E-state index is 0.118. The molecular weight excluding hydrogens is 368 g/mol. The molecule has 1 N–H and O–H groups in total. The van der Waals surface area contributed by atoms with Gasteiger partial charge in [0.1, 0.15) is 23.7 Å². The number of rotatable bonds is 5. The molecule has 7 heteroatoms. The Balaban J connectivity index is 1.49. The maximum atomic E-state index is 12.9. The highest BCUT2D eigenvalue weighted by atomic mass is 35.5. The number of ether oxygens (including phenoxy) is 1. The lowest BCUT2D eigenvalue weighted by atomic mass is 9.99. The molecule has 138 valence electrons. The molecule has 2 heterocycles. The Morgan fingerprint density at radius 1 is 1.15 bits per heavy atom. The molecule has 0 radical (unpaired) electrons. The number of fused-ring (bicyclic) bond motifs is 1. The van der Waals surface area contributed by atoms with Crippen molar-refractivity contribution in [2.45, 2.75) is 12.5 Å². The molecule has 4 rings (SSSR count). The van der Waals surface area contributed by atoms with Crippen LogP contribution < -0.4 is 10.1 Å². The van der Waals surface area contributed by atoms with Crippen molar-refractivity contribution < 1.29 is 18.7 Å². The van der Waals surface area contributed by atoms with E-state index in [4.69, 9.17) is 20.8 Å². The zero-order valence-corrected chi connectivity index (χ0v) is 15.3. The number of nitrogens with zero attached hydrogens (tertiary/aromatic N) is 1. The average Bonchev–Trinajstić information content (AvgIpc) is 3.17. The number of nitrogens with one attached hydrogen (secondary N) is 1. The molecule has 1 fully saturated rings. The van der Waals surface area contributed by atoms with Gasteiger partial charge in [-0.1, -0.05) is 35.9 Å². The standard InChI is InChI=1S/C20H17ClN2O4/c1-20(17-11-13-5-2-3-8-16(13)27-17)18(24)23(19(25)22-20)9-10-26-15-7-4-6-14(21)12-15/h2-8,11-12H,9-10H2,1H3,(H,22,25). The van der Waals surface area contributed by atoms with E-state index in [1.54, 1.807) is 37.3 Å². The third kappa shape index (κ3) is 3.13. The van der Waals surface area contributed by atoms with E-state index in [2.05, 4.69) is 5.32 Å². The molecule has 3 amide bonds. The van der Waals surface area contributed by atoms with E-state index in [1.165, 1.54) is 0 Å². The predicted molar refractivity (Wildman–Crippen MR) is 101 cm³/mol. The van der Waals surface area contributed by atoms with Gasteiger partial charge in [-0.3, -0.25) is 9.69 Å². The summed E-state index contributed by atoms with van der Waals surface area (Å²) in [4.78, 5) is 26.4. The third-order valence-electron chi connectivity index (χ3n) is 4.57. The first-order valence-corrected chi connectivity index (χ1v) is 8.87. The van der Waals surface area contributed by atoms with E-state index in [0.29, 0.717) is 22.1 Å². The van der Waals surface area contributed by atoms with Gasteiger partial charge in [0.15, 0.2) is 5.54 Å². The van der Waals surface area contributed by atoms with Crippen molar-refractivity contribution >= 4 is 34.5 Å². The summed E-state index contributed by atoms with van der Waals surface area (Å²) in [5.41, 5.74) is -0.579. The predicted octanol–water partition coefficient (Wildman–Crippen LogP) is 3.93. The summed E-state index contributed by atoms with van der Waals surface area (Å²) >= 11 is 5.92. The van der Waals surface area contributed by atoms with Crippen LogP contribution in [0, 0.1) is 0 Å². The number of hydrogen-bond donors (Lipinski definition) is 1. The third-order valence-corrected chi connectivity index (χ3v) is 4.81. The van der Waals surface area contributed by atoms with Gasteiger partial charge in [0, 0.05) is 10.4 Å². The van der Waals surface area contributed by atoms with Gasteiger partial charge in [0.05, 0.1) is 6.54 Å². The minimum Gasteiger partial charge on any atom is -0.492 e. The summed E-state index contributed by atoms with van der Waals surface area (Å²) in [6.07, 6.45) is 0. The second-order valence-corrected chi connectivity index (χ2v) is 6.90. The average molecular weight is 385 g/mol. The molecule has 6 nitrogen and oxygen atoms in total. The van der Waals surface area contributed by atoms with Crippen LogP contribution in [-0.4, -0.2) is 30.0 Å². The number of halogens is 1. The molecule has 27 heavy (non-hydrogen) atoms. The Morgan fingerprint density at radius 2 is 1.96 bits per heavy atom. The van der Waals surface area contributed by atoms with E-state index in [1.807, 2.05) is 24.3 Å². The number of urea groups is 1. The van der Waals surface area contributed by atoms with Crippen molar-refractivity contribution in [3.63, 3.8) is 0 Å². The maximum Gasteiger partial charge on any atom is 0.325 e. The Morgan fingerprint density at radius 3 is 2.74 bits per heavy atom. The number of carbonyl (C=O) groups excluding carboxylic acids is 2. The number of benzene rings is 2. The number of furan rings is 1. The Kier molecular flexibility index (Phi) is 4.28. The van der Waals surface area contributed by atoms with Crippen LogP contribution in [0.3, 0.4) is 0 Å². The van der Waals surface area contributed by atoms with E-state index < -0.39 is 11.6 Å². The van der Waals surface area contributed by atoms with Crippen LogP contribution in [0.15, 0.2) is 59.0 Å². The fourth-order valence-electron chi connectivity index (χ4n) is 3.11. The van der Waals surface area contributed by atoms with Crippen LogP contribution in [0.2, 0.25) is 5.02 Å². The summed E-state index contributed by atoms with van der Waals surface area (Å²) in [5.74, 6) is 0.608. The van der Waals surface area contributed by atoms with Gasteiger partial charge in [-0.15, -0.1) is 0 Å². The van der Waals surface area contributed by atoms with Crippen LogP contribution in [0.1, 0.15) is 12.7 Å². The molecule has 3 aromatic rings. The van der Waals surface area contributed by atoms with E-state index in [-0.39, 0.29) is 19.1 Å². The van der Waals surface area contributed by atoms with Crippen LogP contribution in [-0.2, 0) is 10.3 Å². The first-order chi connectivity index (χ1) is 13.0. The zero-order chi connectivity index (χ0) is 19.0. The maximum absolute atomic E-state index is 12.9. The quantitative estimate of drug-likeness (QED) is 0.676. The molecule has 1 unspecified atom stereocenters. The van der Waals surface area contributed by atoms with E-state index in [9.17, 15) is 9.59 Å². The molecule has 1 aliphatic rings. The molecule has 0 aliphatic carbocycles. The second-order valence-electron chi connectivity index (χ2n) is 6.47. The van der Waals surface area contributed by atoms with Crippen LogP contribution in [0.5, 0.6) is 5.75 Å². The van der Waals surface area contributed by atoms with Gasteiger partial charge >= 0.3 is 6.03 Å². The molecule has 0 saturated carbocycles. The molecule has 2 aromatic carbocycles. The molecule has 1 aliphatic heterocycles. The van der Waals surface area contributed by atoms with Gasteiger partial charge in [-0.05, 0) is 37.3 Å². The van der Waals surface area contributed by atoms with Gasteiger partial charge < -0.3 is 14.5 Å². The molecule has 1 atom stereocenters. The fraction of sp³-hybridized carbons (Fsp3) is 0.200. The van der Waals surface area contributed by atoms with Crippen molar-refractivity contribution in [2.75, 3.05) is 13.2 Å². The Bertz CT molecular complexity index is 999. The van der Waals surface area contributed by atoms with Crippen molar-refractivity contribution in [3.8, 4) is 5.75 Å². The largest absolute Gasteiger partial charge is 0.492 e. The molecule has 0 spiro atoms. The first kappa shape index (κ1) is 17.4. The summed E-state index contributed by atoms with van der Waals surface area (Å²) < 4.78 is 11.4. The lowest BCUT2D eigenvalue weighted by Crippen LogP contribution is -2.41. The monoisotopic (exact) mass is 384 g/mol. The highest BCUT2D eigenvalue weighted by Crippen LogP contribution is 2.33. The summed E-state index contributed by atoms with van der Waals surface area (Å²) in [5, 5.41) is 4.16. The lowest BCUT2D eigenvalue weighted by Gasteiger charge is -2.19. The Hall–Kier alpha value is -2.99. The van der Waals surface area contributed by atoms with Crippen LogP contribution in [0.25, 0.3) is 11.0 Å². The lowest BCUT2D eigenvalue weighted by molar-refractivity contribution is -0.131. The summed E-state index contributed by atoms with van der Waals surface area (Å²) in [6.45, 7) is 1.92. The van der Waals surface area contributed by atoms with E-state index >= 15 is 0 Å². The van der Waals surface area contributed by atoms with Gasteiger partial charge in [0.2, 0.25) is 0 Å². The van der Waals surface area contributed by atoms with Crippen molar-refractivity contribution in [3.05, 3.63) is 65.4 Å². The minimum atomic E-state index is -1.24. The van der Waals surface area contributed by atoms with Crippen LogP contribution in [0.4, 0.5) is 4.79 Å². The van der Waals surface area contributed by atoms with Crippen LogP contribution >= 0.6 is 11.6 Å². The second kappa shape index (κ2) is 6.63. The van der Waals surface area contributed by atoms with Crippen molar-refractivity contribution in [2.24, 2.45) is 0 Å². The number of para-hydroxylation sites is 1. The normalized spacial score (nSPS) is 19.6.